The highest BCUT2D eigenvalue weighted by molar-refractivity contribution is 6.30. The first-order valence-electron chi connectivity index (χ1n) is 11.0. The molecule has 0 unspecified atom stereocenters. The van der Waals surface area contributed by atoms with Crippen molar-refractivity contribution in [1.29, 1.82) is 0 Å². The number of nitrogens with zero attached hydrogens (tertiary/aromatic N) is 1. The zero-order valence-electron chi connectivity index (χ0n) is 18.0. The smallest absolute Gasteiger partial charge is 0.408 e. The highest BCUT2D eigenvalue weighted by atomic mass is 35.5. The highest BCUT2D eigenvalue weighted by Crippen LogP contribution is 2.29. The summed E-state index contributed by atoms with van der Waals surface area (Å²) in [6, 6.07) is 21.5. The molecule has 0 saturated carbocycles. The maximum absolute atomic E-state index is 12.2. The molecule has 1 saturated heterocycles. The minimum Gasteiger partial charge on any atom is -0.408 e. The number of hydrogen-bond acceptors (Lipinski definition) is 4. The number of halogens is 1. The molecule has 0 aliphatic carbocycles. The molecule has 3 aromatic rings. The predicted molar refractivity (Wildman–Crippen MR) is 130 cm³/mol. The molecule has 6 heteroatoms. The SMILES string of the molecule is Nc1cc(-c2ccc(Cl)cc2)ccc1OC(=O)NCCc1ccc(CN2CCCC2)cc1. The summed E-state index contributed by atoms with van der Waals surface area (Å²) < 4.78 is 5.38. The average Bonchev–Trinajstić information content (AvgIpc) is 3.30. The van der Waals surface area contributed by atoms with Gasteiger partial charge in [-0.1, -0.05) is 54.1 Å². The van der Waals surface area contributed by atoms with Crippen LogP contribution in [0.5, 0.6) is 5.75 Å². The van der Waals surface area contributed by atoms with E-state index in [1.54, 1.807) is 12.1 Å². The summed E-state index contributed by atoms with van der Waals surface area (Å²) in [7, 11) is 0. The van der Waals surface area contributed by atoms with Crippen molar-refractivity contribution in [2.24, 2.45) is 0 Å². The van der Waals surface area contributed by atoms with E-state index in [4.69, 9.17) is 22.1 Å². The molecular formula is C26H28ClN3O2. The standard InChI is InChI=1S/C26H28ClN3O2/c27-23-10-7-21(8-11-23)22-9-12-25(24(28)17-22)32-26(31)29-14-13-19-3-5-20(6-4-19)18-30-15-1-2-16-30/h3-12,17H,1-2,13-16,18,28H2,(H,29,31). The molecule has 0 radical (unpaired) electrons. The van der Waals surface area contributed by atoms with Crippen LogP contribution in [0.25, 0.3) is 11.1 Å². The van der Waals surface area contributed by atoms with Gasteiger partial charge < -0.3 is 15.8 Å². The molecular weight excluding hydrogens is 422 g/mol. The van der Waals surface area contributed by atoms with Crippen molar-refractivity contribution in [3.63, 3.8) is 0 Å². The normalized spacial score (nSPS) is 13.8. The zero-order chi connectivity index (χ0) is 22.3. The van der Waals surface area contributed by atoms with Crippen LogP contribution in [-0.4, -0.2) is 30.6 Å². The number of amides is 1. The summed E-state index contributed by atoms with van der Waals surface area (Å²) in [5.41, 5.74) is 10.9. The Bertz CT molecular complexity index is 1050. The van der Waals surface area contributed by atoms with E-state index in [1.807, 2.05) is 30.3 Å². The Hall–Kier alpha value is -3.02. The molecule has 0 atom stereocenters. The molecule has 3 aromatic carbocycles. The lowest BCUT2D eigenvalue weighted by Gasteiger charge is -2.14. The van der Waals surface area contributed by atoms with Gasteiger partial charge in [0.2, 0.25) is 0 Å². The van der Waals surface area contributed by atoms with Crippen LogP contribution >= 0.6 is 11.6 Å². The van der Waals surface area contributed by atoms with Crippen LogP contribution in [0.4, 0.5) is 10.5 Å². The van der Waals surface area contributed by atoms with E-state index >= 15 is 0 Å². The first kappa shape index (κ1) is 22.2. The Balaban J connectivity index is 1.24. The van der Waals surface area contributed by atoms with E-state index in [0.29, 0.717) is 23.0 Å². The fourth-order valence-corrected chi connectivity index (χ4v) is 4.04. The van der Waals surface area contributed by atoms with E-state index < -0.39 is 6.09 Å². The van der Waals surface area contributed by atoms with Crippen LogP contribution in [0.2, 0.25) is 5.02 Å². The summed E-state index contributed by atoms with van der Waals surface area (Å²) in [4.78, 5) is 14.7. The van der Waals surface area contributed by atoms with Crippen LogP contribution in [0.3, 0.4) is 0 Å². The van der Waals surface area contributed by atoms with Crippen LogP contribution in [-0.2, 0) is 13.0 Å². The molecule has 0 bridgehead atoms. The Morgan fingerprint density at radius 1 is 0.938 bits per heavy atom. The molecule has 1 fully saturated rings. The Kier molecular flexibility index (Phi) is 7.30. The van der Waals surface area contributed by atoms with Gasteiger partial charge in [0.15, 0.2) is 5.75 Å². The number of rotatable bonds is 7. The van der Waals surface area contributed by atoms with E-state index in [1.165, 1.54) is 37.1 Å². The third-order valence-corrected chi connectivity index (χ3v) is 5.95. The number of benzene rings is 3. The molecule has 1 aliphatic heterocycles. The number of carbonyl (C=O) groups excluding carboxylic acids is 1. The molecule has 0 spiro atoms. The molecule has 32 heavy (non-hydrogen) atoms. The van der Waals surface area contributed by atoms with Gasteiger partial charge in [-0.25, -0.2) is 4.79 Å². The summed E-state index contributed by atoms with van der Waals surface area (Å²) in [5, 5.41) is 3.47. The molecule has 0 aromatic heterocycles. The second-order valence-electron chi connectivity index (χ2n) is 8.13. The van der Waals surface area contributed by atoms with Gasteiger partial charge in [0, 0.05) is 18.1 Å². The van der Waals surface area contributed by atoms with Gasteiger partial charge >= 0.3 is 6.09 Å². The number of anilines is 1. The second kappa shape index (κ2) is 10.5. The zero-order valence-corrected chi connectivity index (χ0v) is 18.8. The first-order chi connectivity index (χ1) is 15.6. The maximum Gasteiger partial charge on any atom is 0.412 e. The number of likely N-dealkylation sites (tertiary alicyclic amines) is 1. The molecule has 166 valence electrons. The van der Waals surface area contributed by atoms with E-state index in [0.717, 1.165) is 24.1 Å². The average molecular weight is 450 g/mol. The quantitative estimate of drug-likeness (QED) is 0.466. The van der Waals surface area contributed by atoms with Crippen LogP contribution < -0.4 is 15.8 Å². The van der Waals surface area contributed by atoms with Gasteiger partial charge in [0.1, 0.15) is 0 Å². The monoisotopic (exact) mass is 449 g/mol. The van der Waals surface area contributed by atoms with E-state index in [-0.39, 0.29) is 0 Å². The van der Waals surface area contributed by atoms with E-state index in [2.05, 4.69) is 34.5 Å². The summed E-state index contributed by atoms with van der Waals surface area (Å²) in [6.07, 6.45) is 2.83. The molecule has 5 nitrogen and oxygen atoms in total. The van der Waals surface area contributed by atoms with Crippen molar-refractivity contribution in [2.45, 2.75) is 25.8 Å². The predicted octanol–water partition coefficient (Wildman–Crippen LogP) is 5.52. The lowest BCUT2D eigenvalue weighted by Crippen LogP contribution is -2.29. The van der Waals surface area contributed by atoms with Crippen LogP contribution in [0, 0.1) is 0 Å². The largest absolute Gasteiger partial charge is 0.412 e. The van der Waals surface area contributed by atoms with Gasteiger partial charge in [0.25, 0.3) is 0 Å². The topological polar surface area (TPSA) is 67.6 Å². The fourth-order valence-electron chi connectivity index (χ4n) is 3.92. The van der Waals surface area contributed by atoms with Gasteiger partial charge in [-0.15, -0.1) is 0 Å². The first-order valence-corrected chi connectivity index (χ1v) is 11.4. The number of hydrogen-bond donors (Lipinski definition) is 2. The lowest BCUT2D eigenvalue weighted by atomic mass is 10.1. The van der Waals surface area contributed by atoms with Gasteiger partial charge in [-0.2, -0.15) is 0 Å². The number of carbonyl (C=O) groups is 1. The second-order valence-corrected chi connectivity index (χ2v) is 8.56. The number of ether oxygens (including phenoxy) is 1. The Morgan fingerprint density at radius 3 is 2.28 bits per heavy atom. The fraction of sp³-hybridized carbons (Fsp3) is 0.269. The number of nitrogens with one attached hydrogen (secondary N) is 1. The van der Waals surface area contributed by atoms with Crippen molar-refractivity contribution >= 4 is 23.4 Å². The Morgan fingerprint density at radius 2 is 1.59 bits per heavy atom. The highest BCUT2D eigenvalue weighted by Gasteiger charge is 2.12. The molecule has 3 N–H and O–H groups in total. The lowest BCUT2D eigenvalue weighted by molar-refractivity contribution is 0.201. The van der Waals surface area contributed by atoms with E-state index in [9.17, 15) is 4.79 Å². The van der Waals surface area contributed by atoms with Crippen LogP contribution in [0.15, 0.2) is 66.7 Å². The minimum absolute atomic E-state index is 0.339. The van der Waals surface area contributed by atoms with Crippen molar-refractivity contribution in [2.75, 3.05) is 25.4 Å². The number of nitrogens with two attached hydrogens (primary N) is 1. The summed E-state index contributed by atoms with van der Waals surface area (Å²) in [6.45, 7) is 3.90. The van der Waals surface area contributed by atoms with Crippen molar-refractivity contribution < 1.29 is 9.53 Å². The minimum atomic E-state index is -0.512. The number of nitrogen functional groups attached to an aromatic ring is 1. The molecule has 4 rings (SSSR count). The van der Waals surface area contributed by atoms with Gasteiger partial charge in [-0.3, -0.25) is 4.90 Å². The molecule has 1 heterocycles. The summed E-state index contributed by atoms with van der Waals surface area (Å²) >= 11 is 5.94. The van der Waals surface area contributed by atoms with Crippen molar-refractivity contribution in [3.8, 4) is 16.9 Å². The van der Waals surface area contributed by atoms with Gasteiger partial charge in [0.05, 0.1) is 5.69 Å². The molecule has 1 aliphatic rings. The summed E-state index contributed by atoms with van der Waals surface area (Å²) in [5.74, 6) is 0.339. The third kappa shape index (κ3) is 6.02. The maximum atomic E-state index is 12.2. The Labute approximate surface area is 194 Å². The van der Waals surface area contributed by atoms with Crippen molar-refractivity contribution in [3.05, 3.63) is 82.9 Å². The molecule has 1 amide bonds. The van der Waals surface area contributed by atoms with Crippen molar-refractivity contribution in [1.82, 2.24) is 10.2 Å². The van der Waals surface area contributed by atoms with Crippen LogP contribution in [0.1, 0.15) is 24.0 Å². The van der Waals surface area contributed by atoms with Gasteiger partial charge in [-0.05, 0) is 78.9 Å². The third-order valence-electron chi connectivity index (χ3n) is 5.70.